The summed E-state index contributed by atoms with van der Waals surface area (Å²) in [6.45, 7) is 3.81. The Morgan fingerprint density at radius 3 is 3.06 bits per heavy atom. The summed E-state index contributed by atoms with van der Waals surface area (Å²) in [7, 11) is 0. The van der Waals surface area contributed by atoms with E-state index in [-0.39, 0.29) is 5.92 Å². The molecule has 2 N–H and O–H groups in total. The summed E-state index contributed by atoms with van der Waals surface area (Å²) in [5.74, 6) is 0.242. The van der Waals surface area contributed by atoms with Crippen LogP contribution in [-0.2, 0) is 6.42 Å². The summed E-state index contributed by atoms with van der Waals surface area (Å²) in [6, 6.07) is 5.78. The van der Waals surface area contributed by atoms with Gasteiger partial charge in [0.1, 0.15) is 0 Å². The molecule has 1 aliphatic heterocycles. The molecule has 0 radical (unpaired) electrons. The summed E-state index contributed by atoms with van der Waals surface area (Å²) in [5, 5.41) is 14.7. The maximum atomic E-state index is 10.7. The Bertz CT molecular complexity index is 412. The van der Waals surface area contributed by atoms with Gasteiger partial charge >= 0.3 is 0 Å². The third kappa shape index (κ3) is 3.02. The minimum Gasteiger partial charge on any atom is -0.389 e. The van der Waals surface area contributed by atoms with Gasteiger partial charge in [-0.25, -0.2) is 0 Å². The predicted octanol–water partition coefficient (Wildman–Crippen LogP) is 3.01. The highest BCUT2D eigenvalue weighted by Gasteiger charge is 2.36. The molecule has 94 valence electrons. The van der Waals surface area contributed by atoms with Gasteiger partial charge in [-0.05, 0) is 42.6 Å². The van der Waals surface area contributed by atoms with Gasteiger partial charge in [0.25, 0.3) is 0 Å². The van der Waals surface area contributed by atoms with Crippen molar-refractivity contribution in [3.05, 3.63) is 33.3 Å². The standard InChI is InChI=1S/C13H17BrClNO/c1-9-8-16-5-4-13(9,17)7-10-6-11(14)2-3-12(10)15/h2-3,6,9,16-17H,4-5,7-8H2,1H3. The van der Waals surface area contributed by atoms with Crippen molar-refractivity contribution >= 4 is 27.5 Å². The minimum atomic E-state index is -0.643. The minimum absolute atomic E-state index is 0.242. The van der Waals surface area contributed by atoms with Crippen molar-refractivity contribution in [2.24, 2.45) is 5.92 Å². The number of piperidine rings is 1. The maximum absolute atomic E-state index is 10.7. The fourth-order valence-corrected chi connectivity index (χ4v) is 2.92. The van der Waals surface area contributed by atoms with Crippen molar-refractivity contribution in [1.29, 1.82) is 0 Å². The van der Waals surface area contributed by atoms with Crippen LogP contribution in [0.4, 0.5) is 0 Å². The summed E-state index contributed by atoms with van der Waals surface area (Å²) >= 11 is 9.62. The van der Waals surface area contributed by atoms with Gasteiger partial charge < -0.3 is 10.4 Å². The van der Waals surface area contributed by atoms with Crippen molar-refractivity contribution in [3.63, 3.8) is 0 Å². The first-order valence-corrected chi connectivity index (χ1v) is 7.05. The molecule has 0 amide bonds. The molecule has 1 fully saturated rings. The molecule has 2 rings (SSSR count). The molecule has 2 atom stereocenters. The lowest BCUT2D eigenvalue weighted by Gasteiger charge is -2.39. The van der Waals surface area contributed by atoms with Crippen LogP contribution in [0, 0.1) is 5.92 Å². The summed E-state index contributed by atoms with van der Waals surface area (Å²) < 4.78 is 1.00. The molecule has 0 aromatic heterocycles. The molecule has 4 heteroatoms. The number of rotatable bonds is 2. The van der Waals surface area contributed by atoms with Crippen molar-refractivity contribution in [3.8, 4) is 0 Å². The van der Waals surface area contributed by atoms with E-state index in [0.29, 0.717) is 6.42 Å². The van der Waals surface area contributed by atoms with Crippen LogP contribution in [0.5, 0.6) is 0 Å². The van der Waals surface area contributed by atoms with Gasteiger partial charge in [-0.1, -0.05) is 34.5 Å². The van der Waals surface area contributed by atoms with E-state index in [4.69, 9.17) is 11.6 Å². The molecule has 1 heterocycles. The average molecular weight is 319 g/mol. The number of hydrogen-bond donors (Lipinski definition) is 2. The molecule has 2 nitrogen and oxygen atoms in total. The zero-order valence-corrected chi connectivity index (χ0v) is 12.2. The van der Waals surface area contributed by atoms with E-state index < -0.39 is 5.60 Å². The monoisotopic (exact) mass is 317 g/mol. The Morgan fingerprint density at radius 2 is 2.35 bits per heavy atom. The van der Waals surface area contributed by atoms with E-state index >= 15 is 0 Å². The zero-order chi connectivity index (χ0) is 12.5. The second-order valence-electron chi connectivity index (χ2n) is 4.87. The van der Waals surface area contributed by atoms with Gasteiger partial charge in [-0.3, -0.25) is 0 Å². The fourth-order valence-electron chi connectivity index (χ4n) is 2.33. The van der Waals surface area contributed by atoms with Crippen LogP contribution in [-0.4, -0.2) is 23.8 Å². The molecule has 2 unspecified atom stereocenters. The van der Waals surface area contributed by atoms with E-state index in [2.05, 4.69) is 28.2 Å². The molecular weight excluding hydrogens is 302 g/mol. The van der Waals surface area contributed by atoms with E-state index in [1.165, 1.54) is 0 Å². The smallest absolute Gasteiger partial charge is 0.0738 e. The van der Waals surface area contributed by atoms with Crippen molar-refractivity contribution in [2.75, 3.05) is 13.1 Å². The Balaban J connectivity index is 2.21. The third-order valence-corrected chi connectivity index (χ3v) is 4.47. The first-order valence-electron chi connectivity index (χ1n) is 5.88. The van der Waals surface area contributed by atoms with Gasteiger partial charge in [0, 0.05) is 22.5 Å². The average Bonchev–Trinajstić information content (AvgIpc) is 2.28. The van der Waals surface area contributed by atoms with Gasteiger partial charge in [0.2, 0.25) is 0 Å². The van der Waals surface area contributed by atoms with Gasteiger partial charge in [-0.2, -0.15) is 0 Å². The van der Waals surface area contributed by atoms with Crippen LogP contribution in [0.15, 0.2) is 22.7 Å². The van der Waals surface area contributed by atoms with E-state index in [0.717, 1.165) is 34.6 Å². The lowest BCUT2D eigenvalue weighted by molar-refractivity contribution is -0.0329. The molecule has 0 saturated carbocycles. The van der Waals surface area contributed by atoms with Crippen LogP contribution in [0.1, 0.15) is 18.9 Å². The van der Waals surface area contributed by atoms with Crippen LogP contribution in [0.25, 0.3) is 0 Å². The van der Waals surface area contributed by atoms with Crippen LogP contribution >= 0.6 is 27.5 Å². The highest BCUT2D eigenvalue weighted by Crippen LogP contribution is 2.32. The fraction of sp³-hybridized carbons (Fsp3) is 0.538. The largest absolute Gasteiger partial charge is 0.389 e. The lowest BCUT2D eigenvalue weighted by Crippen LogP contribution is -2.50. The summed E-state index contributed by atoms with van der Waals surface area (Å²) in [5.41, 5.74) is 0.368. The normalized spacial score (nSPS) is 29.3. The van der Waals surface area contributed by atoms with E-state index in [1.54, 1.807) is 0 Å². The predicted molar refractivity (Wildman–Crippen MR) is 74.5 cm³/mol. The molecule has 1 aliphatic rings. The number of hydrogen-bond acceptors (Lipinski definition) is 2. The van der Waals surface area contributed by atoms with E-state index in [9.17, 15) is 5.11 Å². The Hall–Kier alpha value is -0.0900. The number of nitrogens with one attached hydrogen (secondary N) is 1. The first kappa shape index (κ1) is 13.3. The first-order chi connectivity index (χ1) is 8.01. The van der Waals surface area contributed by atoms with Gasteiger partial charge in [0.15, 0.2) is 0 Å². The Morgan fingerprint density at radius 1 is 1.59 bits per heavy atom. The molecule has 1 saturated heterocycles. The van der Waals surface area contributed by atoms with Crippen molar-refractivity contribution < 1.29 is 5.11 Å². The topological polar surface area (TPSA) is 32.3 Å². The molecule has 17 heavy (non-hydrogen) atoms. The molecule has 0 aliphatic carbocycles. The number of benzene rings is 1. The molecule has 1 aromatic carbocycles. The zero-order valence-electron chi connectivity index (χ0n) is 9.84. The van der Waals surface area contributed by atoms with Gasteiger partial charge in [-0.15, -0.1) is 0 Å². The number of halogens is 2. The van der Waals surface area contributed by atoms with Crippen molar-refractivity contribution in [1.82, 2.24) is 5.32 Å². The SMILES string of the molecule is CC1CNCCC1(O)Cc1cc(Br)ccc1Cl. The number of aliphatic hydroxyl groups is 1. The second-order valence-corrected chi connectivity index (χ2v) is 6.19. The highest BCUT2D eigenvalue weighted by molar-refractivity contribution is 9.10. The van der Waals surface area contributed by atoms with E-state index in [1.807, 2.05) is 18.2 Å². The van der Waals surface area contributed by atoms with Crippen LogP contribution in [0.2, 0.25) is 5.02 Å². The molecule has 0 spiro atoms. The summed E-state index contributed by atoms with van der Waals surface area (Å²) in [4.78, 5) is 0. The maximum Gasteiger partial charge on any atom is 0.0738 e. The van der Waals surface area contributed by atoms with Crippen LogP contribution in [0.3, 0.4) is 0 Å². The Labute approximate surface area is 115 Å². The molecular formula is C13H17BrClNO. The summed E-state index contributed by atoms with van der Waals surface area (Å²) in [6.07, 6.45) is 1.39. The molecule has 0 bridgehead atoms. The van der Waals surface area contributed by atoms with Crippen molar-refractivity contribution in [2.45, 2.75) is 25.4 Å². The highest BCUT2D eigenvalue weighted by atomic mass is 79.9. The second kappa shape index (κ2) is 5.27. The lowest BCUT2D eigenvalue weighted by atomic mass is 9.78. The quantitative estimate of drug-likeness (QED) is 0.878. The Kier molecular flexibility index (Phi) is 4.14. The van der Waals surface area contributed by atoms with Crippen LogP contribution < -0.4 is 5.32 Å². The third-order valence-electron chi connectivity index (χ3n) is 3.61. The van der Waals surface area contributed by atoms with Gasteiger partial charge in [0.05, 0.1) is 5.60 Å². The molecule has 1 aromatic rings.